The minimum Gasteiger partial charge on any atom is -0.151 e. The van der Waals surface area contributed by atoms with Gasteiger partial charge in [0.05, 0.1) is 11.4 Å². The van der Waals surface area contributed by atoms with Crippen LogP contribution < -0.4 is 0 Å². The highest BCUT2D eigenvalue weighted by Gasteiger charge is 2.03. The molecular formula is C23H24N2. The minimum atomic E-state index is 0.00406. The lowest BCUT2D eigenvalue weighted by Gasteiger charge is -2.06. The van der Waals surface area contributed by atoms with Crippen LogP contribution in [0, 0.1) is 35.0 Å². The van der Waals surface area contributed by atoms with Crippen LogP contribution in [0.25, 0.3) is 0 Å². The van der Waals surface area contributed by atoms with Gasteiger partial charge in [-0.2, -0.15) is 10.2 Å². The summed E-state index contributed by atoms with van der Waals surface area (Å²) in [5.74, 6) is 13.1. The zero-order chi connectivity index (χ0) is 18.3. The molecule has 0 saturated carbocycles. The van der Waals surface area contributed by atoms with Crippen LogP contribution in [-0.4, -0.2) is 0 Å². The molecule has 0 spiro atoms. The Bertz CT molecular complexity index is 841. The molecule has 0 N–H and O–H groups in total. The van der Waals surface area contributed by atoms with Gasteiger partial charge in [-0.05, 0) is 69.3 Å². The Morgan fingerprint density at radius 3 is 1.56 bits per heavy atom. The fraction of sp³-hybridized carbons (Fsp3) is 0.304. The van der Waals surface area contributed by atoms with Crippen LogP contribution >= 0.6 is 0 Å². The van der Waals surface area contributed by atoms with Gasteiger partial charge in [0.2, 0.25) is 0 Å². The van der Waals surface area contributed by atoms with Crippen molar-refractivity contribution in [2.45, 2.75) is 34.6 Å². The maximum absolute atomic E-state index is 4.27. The molecule has 0 bridgehead atoms. The average Bonchev–Trinajstić information content (AvgIpc) is 2.57. The summed E-state index contributed by atoms with van der Waals surface area (Å²) in [5, 5.41) is 8.54. The molecule has 0 aliphatic carbocycles. The van der Waals surface area contributed by atoms with Gasteiger partial charge in [-0.25, -0.2) is 0 Å². The van der Waals surface area contributed by atoms with Gasteiger partial charge < -0.3 is 0 Å². The molecule has 0 aliphatic rings. The Balaban J connectivity index is 2.04. The zero-order valence-electron chi connectivity index (χ0n) is 15.6. The van der Waals surface area contributed by atoms with E-state index in [1.54, 1.807) is 0 Å². The molecule has 2 nitrogen and oxygen atoms in total. The van der Waals surface area contributed by atoms with Crippen molar-refractivity contribution < 1.29 is 0 Å². The molecular weight excluding hydrogens is 304 g/mol. The Morgan fingerprint density at radius 1 is 0.720 bits per heavy atom. The van der Waals surface area contributed by atoms with Gasteiger partial charge in [0, 0.05) is 22.5 Å². The topological polar surface area (TPSA) is 24.7 Å². The molecule has 2 rings (SSSR count). The first-order valence-corrected chi connectivity index (χ1v) is 8.48. The first-order valence-electron chi connectivity index (χ1n) is 8.48. The summed E-state index contributed by atoms with van der Waals surface area (Å²) < 4.78 is 0. The lowest BCUT2D eigenvalue weighted by Crippen LogP contribution is -1.99. The van der Waals surface area contributed by atoms with Crippen LogP contribution in [-0.2, 0) is 0 Å². The molecule has 2 heteroatoms. The van der Waals surface area contributed by atoms with Crippen molar-refractivity contribution in [3.05, 3.63) is 59.7 Å². The summed E-state index contributed by atoms with van der Waals surface area (Å²) in [5.41, 5.74) is 3.61. The third-order valence-electron chi connectivity index (χ3n) is 3.10. The molecule has 25 heavy (non-hydrogen) atoms. The molecule has 2 aromatic carbocycles. The third kappa shape index (κ3) is 7.06. The number of azo groups is 1. The average molecular weight is 328 g/mol. The monoisotopic (exact) mass is 328 g/mol. The summed E-state index contributed by atoms with van der Waals surface area (Å²) in [4.78, 5) is 0. The Labute approximate surface area is 151 Å². The first kappa shape index (κ1) is 18.5. The number of hydrogen-bond acceptors (Lipinski definition) is 2. The van der Waals surface area contributed by atoms with E-state index >= 15 is 0 Å². The maximum Gasteiger partial charge on any atom is 0.0857 e. The summed E-state index contributed by atoms with van der Waals surface area (Å²) >= 11 is 0. The largest absolute Gasteiger partial charge is 0.151 e. The van der Waals surface area contributed by atoms with E-state index in [9.17, 15) is 0 Å². The molecule has 0 aromatic heterocycles. The third-order valence-corrected chi connectivity index (χ3v) is 3.10. The van der Waals surface area contributed by atoms with Crippen LogP contribution in [0.4, 0.5) is 11.4 Å². The highest BCUT2D eigenvalue weighted by molar-refractivity contribution is 5.47. The van der Waals surface area contributed by atoms with Crippen molar-refractivity contribution >= 4 is 11.4 Å². The van der Waals surface area contributed by atoms with Gasteiger partial charge in [0.25, 0.3) is 0 Å². The molecule has 0 atom stereocenters. The van der Waals surface area contributed by atoms with E-state index in [1.807, 2.05) is 48.5 Å². The molecule has 126 valence electrons. The van der Waals surface area contributed by atoms with Gasteiger partial charge in [0.1, 0.15) is 0 Å². The van der Waals surface area contributed by atoms with Crippen molar-refractivity contribution in [3.63, 3.8) is 0 Å². The lowest BCUT2D eigenvalue weighted by atomic mass is 9.97. The molecule has 2 aromatic rings. The van der Waals surface area contributed by atoms with E-state index in [4.69, 9.17) is 0 Å². The second-order valence-corrected chi connectivity index (χ2v) is 7.22. The van der Waals surface area contributed by atoms with Crippen molar-refractivity contribution in [1.29, 1.82) is 0 Å². The van der Waals surface area contributed by atoms with E-state index in [2.05, 4.69) is 68.5 Å². The smallest absolute Gasteiger partial charge is 0.0857 e. The Hall–Kier alpha value is -2.84. The van der Waals surface area contributed by atoms with Crippen molar-refractivity contribution in [3.8, 4) is 23.7 Å². The first-order chi connectivity index (χ1) is 11.8. The summed E-state index contributed by atoms with van der Waals surface area (Å²) in [7, 11) is 0. The summed E-state index contributed by atoms with van der Waals surface area (Å²) in [6, 6.07) is 15.6. The van der Waals surface area contributed by atoms with E-state index in [1.165, 1.54) is 0 Å². The van der Waals surface area contributed by atoms with E-state index in [0.29, 0.717) is 5.92 Å². The van der Waals surface area contributed by atoms with Crippen LogP contribution in [0.5, 0.6) is 0 Å². The minimum absolute atomic E-state index is 0.00406. The quantitative estimate of drug-likeness (QED) is 0.443. The Kier molecular flexibility index (Phi) is 6.15. The highest BCUT2D eigenvalue weighted by Crippen LogP contribution is 2.19. The van der Waals surface area contributed by atoms with Crippen LogP contribution in [0.15, 0.2) is 58.8 Å². The summed E-state index contributed by atoms with van der Waals surface area (Å²) in [6.07, 6.45) is 0. The van der Waals surface area contributed by atoms with E-state index in [0.717, 1.165) is 22.5 Å². The van der Waals surface area contributed by atoms with Gasteiger partial charge in [-0.15, -0.1) is 0 Å². The maximum atomic E-state index is 4.27. The van der Waals surface area contributed by atoms with Gasteiger partial charge >= 0.3 is 0 Å². The normalized spacial score (nSPS) is 11.0. The standard InChI is InChI=1S/C23H24N2/c1-18(2)6-7-19-8-12-21(13-9-19)24-25-22-14-10-20(11-15-22)16-17-23(3,4)5/h8-15,18H,1-5H3/b25-24+. The van der Waals surface area contributed by atoms with Crippen LogP contribution in [0.1, 0.15) is 45.7 Å². The molecule has 0 fully saturated rings. The predicted octanol–water partition coefficient (Wildman–Crippen LogP) is 6.51. The number of benzene rings is 2. The van der Waals surface area contributed by atoms with Crippen LogP contribution in [0.2, 0.25) is 0 Å². The molecule has 0 heterocycles. The Morgan fingerprint density at radius 2 is 1.16 bits per heavy atom. The van der Waals surface area contributed by atoms with Crippen molar-refractivity contribution in [2.24, 2.45) is 21.6 Å². The highest BCUT2D eigenvalue weighted by atomic mass is 15.1. The fourth-order valence-electron chi connectivity index (χ4n) is 1.83. The molecule has 0 saturated heterocycles. The molecule has 0 aliphatic heterocycles. The molecule has 0 amide bonds. The van der Waals surface area contributed by atoms with E-state index < -0.39 is 0 Å². The van der Waals surface area contributed by atoms with E-state index in [-0.39, 0.29) is 5.41 Å². The van der Waals surface area contributed by atoms with Crippen molar-refractivity contribution in [1.82, 2.24) is 0 Å². The number of nitrogens with zero attached hydrogens (tertiary/aromatic N) is 2. The number of hydrogen-bond donors (Lipinski definition) is 0. The zero-order valence-corrected chi connectivity index (χ0v) is 15.6. The second-order valence-electron chi connectivity index (χ2n) is 7.22. The number of rotatable bonds is 2. The van der Waals surface area contributed by atoms with Gasteiger partial charge in [0.15, 0.2) is 0 Å². The summed E-state index contributed by atoms with van der Waals surface area (Å²) in [6.45, 7) is 10.5. The van der Waals surface area contributed by atoms with Crippen molar-refractivity contribution in [2.75, 3.05) is 0 Å². The SMILES string of the molecule is CC(C)C#Cc1ccc(/N=N/c2ccc(C#CC(C)(C)C)cc2)cc1. The molecule has 0 unspecified atom stereocenters. The predicted molar refractivity (Wildman–Crippen MR) is 105 cm³/mol. The lowest BCUT2D eigenvalue weighted by molar-refractivity contribution is 0.571. The van der Waals surface area contributed by atoms with Gasteiger partial charge in [-0.1, -0.05) is 37.5 Å². The second kappa shape index (κ2) is 8.32. The van der Waals surface area contributed by atoms with Crippen LogP contribution in [0.3, 0.4) is 0 Å². The fourth-order valence-corrected chi connectivity index (χ4v) is 1.83. The molecule has 0 radical (unpaired) electrons. The van der Waals surface area contributed by atoms with Gasteiger partial charge in [-0.3, -0.25) is 0 Å².